The zero-order chi connectivity index (χ0) is 20.6. The van der Waals surface area contributed by atoms with Gasteiger partial charge in [-0.2, -0.15) is 4.31 Å². The molecule has 2 aliphatic rings. The fraction of sp³-hybridized carbons (Fsp3) is 0.421. The van der Waals surface area contributed by atoms with Gasteiger partial charge in [-0.3, -0.25) is 9.59 Å². The van der Waals surface area contributed by atoms with Gasteiger partial charge in [-0.05, 0) is 43.5 Å². The van der Waals surface area contributed by atoms with Crippen LogP contribution in [0.15, 0.2) is 39.8 Å². The van der Waals surface area contributed by atoms with Crippen LogP contribution in [-0.2, 0) is 14.8 Å². The average Bonchev–Trinajstić information content (AvgIpc) is 3.21. The van der Waals surface area contributed by atoms with E-state index in [1.807, 2.05) is 0 Å². The second-order valence-corrected chi connectivity index (χ2v) is 9.35. The van der Waals surface area contributed by atoms with Gasteiger partial charge in [-0.25, -0.2) is 8.42 Å². The van der Waals surface area contributed by atoms with Crippen LogP contribution in [-0.4, -0.2) is 48.8 Å². The van der Waals surface area contributed by atoms with E-state index in [2.05, 4.69) is 15.8 Å². The highest BCUT2D eigenvalue weighted by Gasteiger charge is 2.34. The summed E-state index contributed by atoms with van der Waals surface area (Å²) in [4.78, 5) is 23.6. The maximum absolute atomic E-state index is 12.9. The van der Waals surface area contributed by atoms with Crippen LogP contribution in [0.5, 0.6) is 0 Å². The summed E-state index contributed by atoms with van der Waals surface area (Å²) in [5.41, 5.74) is 0.753. The molecule has 0 spiro atoms. The number of hydrogen-bond acceptors (Lipinski definition) is 6. The molecular weight excluding hydrogens is 396 g/mol. The lowest BCUT2D eigenvalue weighted by atomic mass is 10.2. The summed E-state index contributed by atoms with van der Waals surface area (Å²) in [6, 6.07) is 7.38. The number of rotatable bonds is 6. The van der Waals surface area contributed by atoms with Gasteiger partial charge in [0, 0.05) is 43.7 Å². The predicted octanol–water partition coefficient (Wildman–Crippen LogP) is 1.70. The van der Waals surface area contributed by atoms with Gasteiger partial charge in [-0.1, -0.05) is 5.16 Å². The average molecular weight is 418 g/mol. The molecule has 2 fully saturated rings. The van der Waals surface area contributed by atoms with Crippen LogP contribution in [0.4, 0.5) is 5.69 Å². The molecule has 10 heteroatoms. The van der Waals surface area contributed by atoms with Crippen LogP contribution in [0.2, 0.25) is 0 Å². The fourth-order valence-corrected chi connectivity index (χ4v) is 4.84. The number of anilines is 1. The normalized spacial score (nSPS) is 19.8. The molecule has 0 radical (unpaired) electrons. The number of carbonyl (C=O) groups is 2. The Morgan fingerprint density at radius 1 is 1.17 bits per heavy atom. The third kappa shape index (κ3) is 4.33. The van der Waals surface area contributed by atoms with Crippen molar-refractivity contribution in [2.24, 2.45) is 0 Å². The number of hydrogen-bond donors (Lipinski definition) is 2. The zero-order valence-corrected chi connectivity index (χ0v) is 16.7. The van der Waals surface area contributed by atoms with Gasteiger partial charge in [0.05, 0.1) is 4.90 Å². The molecule has 9 nitrogen and oxygen atoms in total. The summed E-state index contributed by atoms with van der Waals surface area (Å²) in [5.74, 6) is 0.515. The van der Waals surface area contributed by atoms with E-state index in [0.717, 1.165) is 18.6 Å². The molecule has 1 atom stereocenters. The lowest BCUT2D eigenvalue weighted by Gasteiger charge is -2.17. The van der Waals surface area contributed by atoms with E-state index in [1.165, 1.54) is 23.4 Å². The number of nitrogens with one attached hydrogen (secondary N) is 2. The maximum atomic E-state index is 12.9. The summed E-state index contributed by atoms with van der Waals surface area (Å²) in [6.45, 7) is 1.89. The number of sulfonamides is 1. The topological polar surface area (TPSA) is 122 Å². The molecule has 29 heavy (non-hydrogen) atoms. The smallest absolute Gasteiger partial charge is 0.273 e. The summed E-state index contributed by atoms with van der Waals surface area (Å²) < 4.78 is 32.3. The van der Waals surface area contributed by atoms with Crippen LogP contribution in [0.3, 0.4) is 0 Å². The van der Waals surface area contributed by atoms with Crippen molar-refractivity contribution in [3.05, 3.63) is 41.8 Å². The molecule has 1 aromatic heterocycles. The van der Waals surface area contributed by atoms with Gasteiger partial charge in [0.2, 0.25) is 15.9 Å². The van der Waals surface area contributed by atoms with Gasteiger partial charge in [0.1, 0.15) is 5.76 Å². The minimum Gasteiger partial charge on any atom is -0.360 e. The molecular formula is C19H22N4O5S. The second-order valence-electron chi connectivity index (χ2n) is 7.42. The molecule has 2 amide bonds. The number of amides is 2. The van der Waals surface area contributed by atoms with E-state index in [9.17, 15) is 18.0 Å². The fourth-order valence-electron chi connectivity index (χ4n) is 3.34. The highest BCUT2D eigenvalue weighted by molar-refractivity contribution is 7.89. The van der Waals surface area contributed by atoms with Gasteiger partial charge in [-0.15, -0.1) is 0 Å². The Balaban J connectivity index is 1.37. The quantitative estimate of drug-likeness (QED) is 0.736. The second kappa shape index (κ2) is 7.60. The summed E-state index contributed by atoms with van der Waals surface area (Å²) in [7, 11) is -3.68. The molecule has 1 saturated heterocycles. The molecule has 2 heterocycles. The first-order valence-electron chi connectivity index (χ1n) is 9.48. The summed E-state index contributed by atoms with van der Waals surface area (Å²) in [5, 5.41) is 9.25. The predicted molar refractivity (Wildman–Crippen MR) is 104 cm³/mol. The minimum atomic E-state index is -3.68. The molecule has 154 valence electrons. The first kappa shape index (κ1) is 19.6. The van der Waals surface area contributed by atoms with Gasteiger partial charge >= 0.3 is 0 Å². The largest absolute Gasteiger partial charge is 0.360 e. The van der Waals surface area contributed by atoms with Crippen molar-refractivity contribution in [2.75, 3.05) is 18.4 Å². The Hall–Kier alpha value is -2.72. The van der Waals surface area contributed by atoms with Crippen molar-refractivity contribution in [3.63, 3.8) is 0 Å². The van der Waals surface area contributed by atoms with Crippen LogP contribution < -0.4 is 10.6 Å². The number of nitrogens with zero attached hydrogens (tertiary/aromatic N) is 2. The minimum absolute atomic E-state index is 0.143. The Kier molecular flexibility index (Phi) is 5.13. The number of aromatic nitrogens is 1. The van der Waals surface area contributed by atoms with Crippen molar-refractivity contribution in [2.45, 2.75) is 43.0 Å². The molecule has 1 saturated carbocycles. The SMILES string of the molecule is CC(=O)Nc1ccc(S(=O)(=O)N2CC[C@@H](NC(=O)c3cc(C4CC4)on3)C2)cc1. The maximum Gasteiger partial charge on any atom is 0.273 e. The molecule has 0 unspecified atom stereocenters. The molecule has 2 aromatic rings. The van der Waals surface area contributed by atoms with E-state index in [4.69, 9.17) is 4.52 Å². The lowest BCUT2D eigenvalue weighted by molar-refractivity contribution is -0.114. The number of benzene rings is 1. The highest BCUT2D eigenvalue weighted by Crippen LogP contribution is 2.40. The third-order valence-corrected chi connectivity index (χ3v) is 6.92. The van der Waals surface area contributed by atoms with Crippen LogP contribution in [0, 0.1) is 0 Å². The molecule has 4 rings (SSSR count). The molecule has 0 bridgehead atoms. The van der Waals surface area contributed by atoms with E-state index in [1.54, 1.807) is 18.2 Å². The van der Waals surface area contributed by atoms with Crippen molar-refractivity contribution >= 4 is 27.5 Å². The van der Waals surface area contributed by atoms with Gasteiger partial charge < -0.3 is 15.2 Å². The molecule has 1 aliphatic carbocycles. The van der Waals surface area contributed by atoms with Crippen LogP contribution >= 0.6 is 0 Å². The standard InChI is InChI=1S/C19H22N4O5S/c1-12(24)20-14-4-6-16(7-5-14)29(26,27)23-9-8-15(11-23)21-19(25)17-10-18(28-22-17)13-2-3-13/h4-7,10,13,15H,2-3,8-9,11H2,1H3,(H,20,24)(H,21,25)/t15-/m1/s1. The Labute approximate surface area is 168 Å². The highest BCUT2D eigenvalue weighted by atomic mass is 32.2. The van der Waals surface area contributed by atoms with E-state index in [0.29, 0.717) is 24.6 Å². The van der Waals surface area contributed by atoms with Crippen molar-refractivity contribution in [3.8, 4) is 0 Å². The van der Waals surface area contributed by atoms with Crippen molar-refractivity contribution in [1.29, 1.82) is 0 Å². The molecule has 1 aliphatic heterocycles. The lowest BCUT2D eigenvalue weighted by Crippen LogP contribution is -2.38. The molecule has 1 aromatic carbocycles. The monoisotopic (exact) mass is 418 g/mol. The van der Waals surface area contributed by atoms with Crippen molar-refractivity contribution in [1.82, 2.24) is 14.8 Å². The van der Waals surface area contributed by atoms with Crippen LogP contribution in [0.1, 0.15) is 48.4 Å². The van der Waals surface area contributed by atoms with Gasteiger partial charge in [0.15, 0.2) is 5.69 Å². The summed E-state index contributed by atoms with van der Waals surface area (Å²) in [6.07, 6.45) is 2.62. The Morgan fingerprint density at radius 3 is 2.55 bits per heavy atom. The summed E-state index contributed by atoms with van der Waals surface area (Å²) >= 11 is 0. The number of carbonyl (C=O) groups excluding carboxylic acids is 2. The Bertz CT molecular complexity index is 1030. The Morgan fingerprint density at radius 2 is 1.90 bits per heavy atom. The van der Waals surface area contributed by atoms with Gasteiger partial charge in [0.25, 0.3) is 5.91 Å². The zero-order valence-electron chi connectivity index (χ0n) is 15.9. The van der Waals surface area contributed by atoms with Crippen molar-refractivity contribution < 1.29 is 22.5 Å². The first-order valence-corrected chi connectivity index (χ1v) is 10.9. The first-order chi connectivity index (χ1) is 13.8. The van der Waals surface area contributed by atoms with E-state index >= 15 is 0 Å². The van der Waals surface area contributed by atoms with E-state index < -0.39 is 10.0 Å². The third-order valence-electron chi connectivity index (χ3n) is 5.04. The van der Waals surface area contributed by atoms with E-state index in [-0.39, 0.29) is 35.0 Å². The molecule has 2 N–H and O–H groups in total. The van der Waals surface area contributed by atoms with Crippen LogP contribution in [0.25, 0.3) is 0 Å².